The van der Waals surface area contributed by atoms with Gasteiger partial charge in [0.05, 0.1) is 31.4 Å². The van der Waals surface area contributed by atoms with Crippen molar-refractivity contribution >= 4 is 64.9 Å². The summed E-state index contributed by atoms with van der Waals surface area (Å²) in [6.07, 6.45) is -0.154. The molecule has 74 heavy (non-hydrogen) atoms. The molecule has 3 heterocycles. The number of carbonyl (C=O) groups is 7. The molecule has 0 saturated carbocycles. The first-order valence-corrected chi connectivity index (χ1v) is 24.7. The Morgan fingerprint density at radius 1 is 1.08 bits per heavy atom. The van der Waals surface area contributed by atoms with E-state index in [2.05, 4.69) is 21.3 Å². The molecule has 2 aromatic rings. The summed E-state index contributed by atoms with van der Waals surface area (Å²) in [5.41, 5.74) is 10.8. The predicted octanol–water partition coefficient (Wildman–Crippen LogP) is 4.18. The van der Waals surface area contributed by atoms with Gasteiger partial charge in [-0.25, -0.2) is 19.2 Å². The average Bonchev–Trinajstić information content (AvgIpc) is 4.05. The van der Waals surface area contributed by atoms with Gasteiger partial charge in [0.2, 0.25) is 17.7 Å². The van der Waals surface area contributed by atoms with E-state index >= 15 is 0 Å². The van der Waals surface area contributed by atoms with Crippen LogP contribution in [0.2, 0.25) is 5.02 Å². The van der Waals surface area contributed by atoms with E-state index in [9.17, 15) is 38.7 Å². The Morgan fingerprint density at radius 2 is 1.77 bits per heavy atom. The molecule has 3 aliphatic rings. The number of nitrogens with zero attached hydrogens (tertiary/aromatic N) is 2. The Hall–Kier alpha value is -6.46. The van der Waals surface area contributed by atoms with E-state index in [1.807, 2.05) is 13.0 Å². The van der Waals surface area contributed by atoms with Crippen molar-refractivity contribution < 1.29 is 67.1 Å². The number of rotatable bonds is 16. The van der Waals surface area contributed by atoms with Crippen LogP contribution in [0.25, 0.3) is 0 Å². The minimum atomic E-state index is -1.89. The number of hydrogen-bond donors (Lipinski definition) is 7. The molecule has 0 aromatic heterocycles. The lowest BCUT2D eigenvalue weighted by Crippen LogP contribution is -2.63. The molecule has 2 aromatic carbocycles. The zero-order chi connectivity index (χ0) is 54.8. The normalized spacial score (nSPS) is 25.1. The van der Waals surface area contributed by atoms with Crippen molar-refractivity contribution in [2.45, 2.75) is 134 Å². The smallest absolute Gasteiger partial charge is 0.410 e. The second kappa shape index (κ2) is 25.2. The minimum Gasteiger partial charge on any atom is -0.495 e. The molecule has 22 nitrogen and oxygen atoms in total. The molecular formula is C51H71ClN8O14. The van der Waals surface area contributed by atoms with Crippen LogP contribution in [0.15, 0.2) is 60.2 Å². The van der Waals surface area contributed by atoms with E-state index in [1.165, 1.54) is 40.1 Å². The number of anilines is 2. The number of primary amides is 1. The minimum absolute atomic E-state index is 0.113. The van der Waals surface area contributed by atoms with Crippen molar-refractivity contribution in [3.05, 3.63) is 76.3 Å². The third-order valence-corrected chi connectivity index (χ3v) is 14.0. The number of nitrogens with two attached hydrogens (primary N) is 2. The molecule has 2 fully saturated rings. The van der Waals surface area contributed by atoms with E-state index in [0.717, 1.165) is 16.0 Å². The first-order chi connectivity index (χ1) is 34.8. The molecule has 5 rings (SSSR count). The number of esters is 1. The lowest BCUT2D eigenvalue weighted by atomic mass is 9.83. The van der Waals surface area contributed by atoms with E-state index < -0.39 is 108 Å². The van der Waals surface area contributed by atoms with Gasteiger partial charge >= 0.3 is 24.2 Å². The van der Waals surface area contributed by atoms with Crippen LogP contribution in [-0.2, 0) is 55.9 Å². The maximum atomic E-state index is 14.4. The fraction of sp³-hybridized carbons (Fsp3) is 0.549. The van der Waals surface area contributed by atoms with Crippen LogP contribution < -0.4 is 42.4 Å². The van der Waals surface area contributed by atoms with Crippen LogP contribution in [0.1, 0.15) is 78.4 Å². The highest BCUT2D eigenvalue weighted by Gasteiger charge is 2.64. The fourth-order valence-corrected chi connectivity index (χ4v) is 8.99. The number of amides is 7. The maximum absolute atomic E-state index is 14.4. The number of nitrogens with one attached hydrogen (secondary N) is 4. The zero-order valence-corrected chi connectivity index (χ0v) is 44.3. The van der Waals surface area contributed by atoms with Crippen molar-refractivity contribution in [1.29, 1.82) is 0 Å². The molecule has 0 aliphatic carbocycles. The number of halogens is 1. The SMILES string of the molecule is COc1cc2cc(c1Cl)N(C)C(=O)CC(OC(=O)C(C)N(C)C(=O)OCc1ccc(NC(=O)C(CCCNC(N)=O)NC(=O)C(N)C(C)C)cc1)C1(C)OC1C(C)C1CC(O)(NC(=O)O1)C(OC)C=CC=C(C)C2. The van der Waals surface area contributed by atoms with Gasteiger partial charge in [-0.3, -0.25) is 24.6 Å². The molecule has 0 spiro atoms. The van der Waals surface area contributed by atoms with Crippen LogP contribution >= 0.6 is 11.6 Å². The molecule has 10 unspecified atom stereocenters. The summed E-state index contributed by atoms with van der Waals surface area (Å²) in [5, 5.41) is 22.4. The number of benzene rings is 2. The molecular weight excluding hydrogens is 984 g/mol. The Balaban J connectivity index is 1.31. The molecule has 7 amide bonds. The Labute approximate surface area is 436 Å². The highest BCUT2D eigenvalue weighted by atomic mass is 35.5. The van der Waals surface area contributed by atoms with Gasteiger partial charge in [0.1, 0.15) is 53.4 Å². The number of allylic oxidation sites excluding steroid dienone is 3. The van der Waals surface area contributed by atoms with Crippen LogP contribution in [0, 0.1) is 11.8 Å². The summed E-state index contributed by atoms with van der Waals surface area (Å²) in [4.78, 5) is 94.5. The standard InChI is InChI=1S/C51H71ClN8O14/c1-27(2)42(53)45(63)57-34(14-12-20-55-47(54)65)44(62)56-33-18-16-31(17-19-33)26-71-49(67)59(7)30(5)46(64)73-39-24-40(61)60(8)35-22-32(23-36(69-9)41(35)52)21-28(3)13-11-15-38(70-10)51(68)25-37(72-48(66)58-51)29(4)43-50(39,6)74-43/h11,13,15-19,22-23,27,29-30,34,37-39,42-43,68H,12,14,20-21,24-26,53H2,1-10H3,(H,56,62)(H,57,63)(H,58,66)(H3,54,55,65). The van der Waals surface area contributed by atoms with Gasteiger partial charge in [0, 0.05) is 45.8 Å². The van der Waals surface area contributed by atoms with Gasteiger partial charge in [-0.1, -0.05) is 68.3 Å². The molecule has 2 saturated heterocycles. The van der Waals surface area contributed by atoms with E-state index in [1.54, 1.807) is 76.2 Å². The largest absolute Gasteiger partial charge is 0.495 e. The van der Waals surface area contributed by atoms with Gasteiger partial charge in [0.15, 0.2) is 5.72 Å². The van der Waals surface area contributed by atoms with Gasteiger partial charge in [-0.05, 0) is 81.3 Å². The summed E-state index contributed by atoms with van der Waals surface area (Å²) in [5.74, 6) is -2.91. The average molecular weight is 1060 g/mol. The van der Waals surface area contributed by atoms with E-state index in [-0.39, 0.29) is 36.9 Å². The van der Waals surface area contributed by atoms with Gasteiger partial charge < -0.3 is 65.8 Å². The van der Waals surface area contributed by atoms with Crippen molar-refractivity contribution in [3.8, 4) is 5.75 Å². The number of epoxide rings is 1. The second-order valence-electron chi connectivity index (χ2n) is 19.5. The first-order valence-electron chi connectivity index (χ1n) is 24.3. The lowest BCUT2D eigenvalue weighted by molar-refractivity contribution is -0.158. The van der Waals surface area contributed by atoms with Gasteiger partial charge in [0.25, 0.3) is 0 Å². The predicted molar refractivity (Wildman–Crippen MR) is 273 cm³/mol. The third-order valence-electron chi connectivity index (χ3n) is 13.6. The number of fused-ring (bicyclic) bond motifs is 5. The van der Waals surface area contributed by atoms with Crippen molar-refractivity contribution in [2.75, 3.05) is 45.1 Å². The molecule has 23 heteroatoms. The summed E-state index contributed by atoms with van der Waals surface area (Å²) in [7, 11) is 5.74. The summed E-state index contributed by atoms with van der Waals surface area (Å²) in [6.45, 7) is 10.3. The van der Waals surface area contributed by atoms with Crippen LogP contribution in [0.4, 0.5) is 25.8 Å². The second-order valence-corrected chi connectivity index (χ2v) is 19.9. The number of aliphatic hydroxyl groups is 1. The fourth-order valence-electron chi connectivity index (χ4n) is 8.68. The zero-order valence-electron chi connectivity index (χ0n) is 43.5. The lowest BCUT2D eigenvalue weighted by Gasteiger charge is -2.42. The molecule has 4 bridgehead atoms. The molecule has 406 valence electrons. The van der Waals surface area contributed by atoms with Crippen molar-refractivity contribution in [3.63, 3.8) is 0 Å². The highest BCUT2D eigenvalue weighted by Crippen LogP contribution is 2.49. The number of carbonyl (C=O) groups excluding carboxylic acids is 7. The number of methoxy groups -OCH3 is 2. The summed E-state index contributed by atoms with van der Waals surface area (Å²) < 4.78 is 34.9. The number of likely N-dealkylation sites (N-methyl/N-ethyl adjacent to an activating group) is 1. The number of ether oxygens (including phenoxy) is 6. The molecule has 9 N–H and O–H groups in total. The van der Waals surface area contributed by atoms with E-state index in [4.69, 9.17) is 51.5 Å². The van der Waals surface area contributed by atoms with E-state index in [0.29, 0.717) is 35.5 Å². The molecule has 3 aliphatic heterocycles. The maximum Gasteiger partial charge on any atom is 0.410 e. The Morgan fingerprint density at radius 3 is 2.41 bits per heavy atom. The Kier molecular flexibility index (Phi) is 19.9. The van der Waals surface area contributed by atoms with Crippen LogP contribution in [0.3, 0.4) is 0 Å². The Bertz CT molecular complexity index is 2460. The molecule has 10 atom stereocenters. The quantitative estimate of drug-likeness (QED) is 0.0537. The number of alkyl carbamates (subject to hydrolysis) is 1. The summed E-state index contributed by atoms with van der Waals surface area (Å²) in [6, 6.07) is 6.09. The van der Waals surface area contributed by atoms with Gasteiger partial charge in [-0.2, -0.15) is 0 Å². The number of urea groups is 1. The van der Waals surface area contributed by atoms with Crippen LogP contribution in [0.5, 0.6) is 5.75 Å². The van der Waals surface area contributed by atoms with Crippen molar-refractivity contribution in [2.24, 2.45) is 23.3 Å². The van der Waals surface area contributed by atoms with Crippen LogP contribution in [-0.4, -0.2) is 141 Å². The monoisotopic (exact) mass is 1050 g/mol. The van der Waals surface area contributed by atoms with Gasteiger partial charge in [-0.15, -0.1) is 0 Å². The van der Waals surface area contributed by atoms with Crippen molar-refractivity contribution in [1.82, 2.24) is 20.9 Å². The summed E-state index contributed by atoms with van der Waals surface area (Å²) >= 11 is 6.81. The third kappa shape index (κ3) is 14.6. The number of hydrogen-bond acceptors (Lipinski definition) is 15. The topological polar surface area (TPSA) is 305 Å². The first kappa shape index (κ1) is 58.4. The highest BCUT2D eigenvalue weighted by molar-refractivity contribution is 6.35. The molecule has 0 radical (unpaired) electrons.